The van der Waals surface area contributed by atoms with Crippen molar-refractivity contribution in [1.29, 1.82) is 0 Å². The van der Waals surface area contributed by atoms with E-state index in [1.807, 2.05) is 0 Å². The van der Waals surface area contributed by atoms with E-state index in [0.29, 0.717) is 0 Å². The Morgan fingerprint density at radius 1 is 1.14 bits per heavy atom. The molecule has 3 nitrogen and oxygen atoms in total. The summed E-state index contributed by atoms with van der Waals surface area (Å²) < 4.78 is -3.26. The number of amidine groups is 1. The van der Waals surface area contributed by atoms with Gasteiger partial charge in [0.25, 0.3) is 3.92 Å². The third-order valence-corrected chi connectivity index (χ3v) is 2.43. The minimum absolute atomic E-state index is 0.0630. The van der Waals surface area contributed by atoms with Gasteiger partial charge in [-0.15, -0.1) is 0 Å². The topological polar surface area (TPSA) is 28.0 Å². The summed E-state index contributed by atoms with van der Waals surface area (Å²) in [5, 5.41) is 0. The van der Waals surface area contributed by atoms with E-state index in [-0.39, 0.29) is 12.5 Å². The summed E-state index contributed by atoms with van der Waals surface area (Å²) >= 11 is 33.3. The second-order valence-electron chi connectivity index (χ2n) is 2.30. The fourth-order valence-corrected chi connectivity index (χ4v) is 1.27. The van der Waals surface area contributed by atoms with Crippen LogP contribution in [0.4, 0.5) is 0 Å². The lowest BCUT2D eigenvalue weighted by Gasteiger charge is -2.28. The molecule has 0 amide bonds. The molecule has 1 aliphatic heterocycles. The van der Waals surface area contributed by atoms with Crippen molar-refractivity contribution in [2.75, 3.05) is 6.67 Å². The van der Waals surface area contributed by atoms with Crippen molar-refractivity contribution in [3.63, 3.8) is 0 Å². The molecule has 1 heterocycles. The smallest absolute Gasteiger partial charge is 0.270 e. The summed E-state index contributed by atoms with van der Waals surface area (Å²) in [6.07, 6.45) is 1.26. The lowest BCUT2D eigenvalue weighted by Crippen LogP contribution is -2.38. The molecule has 0 radical (unpaired) electrons. The Balaban J connectivity index is 2.72. The Kier molecular flexibility index (Phi) is 4.07. The summed E-state index contributed by atoms with van der Waals surface area (Å²) in [5.41, 5.74) is 0. The first kappa shape index (κ1) is 12.9. The average molecular weight is 318 g/mol. The van der Waals surface area contributed by atoms with Crippen LogP contribution in [0.25, 0.3) is 0 Å². The molecule has 14 heavy (non-hydrogen) atoms. The molecule has 1 rings (SSSR count). The van der Waals surface area contributed by atoms with Crippen LogP contribution < -0.4 is 0 Å². The highest BCUT2D eigenvalue weighted by atomic mass is 35.6. The maximum absolute atomic E-state index is 5.57. The van der Waals surface area contributed by atoms with Crippen LogP contribution in [-0.4, -0.2) is 31.5 Å². The Hall–Kier alpha value is 0.880. The zero-order chi connectivity index (χ0) is 11.0. The number of hydrogen-bond donors (Lipinski definition) is 0. The third-order valence-electron chi connectivity index (χ3n) is 1.27. The molecule has 0 fully saturated rings. The van der Waals surface area contributed by atoms with E-state index in [2.05, 4.69) is 9.98 Å². The maximum Gasteiger partial charge on any atom is 0.270 e. The SMILES string of the molecule is ClC(Cl)(Cl)C1=NCN(C(Cl)(Cl)Cl)C=N1. The molecule has 9 heteroatoms. The van der Waals surface area contributed by atoms with Gasteiger partial charge in [0, 0.05) is 0 Å². The highest BCUT2D eigenvalue weighted by molar-refractivity contribution is 6.77. The molecule has 0 aromatic carbocycles. The number of hydrogen-bond acceptors (Lipinski definition) is 3. The highest BCUT2D eigenvalue weighted by Gasteiger charge is 2.33. The Labute approximate surface area is 111 Å². The van der Waals surface area contributed by atoms with Crippen molar-refractivity contribution in [3.05, 3.63) is 0 Å². The van der Waals surface area contributed by atoms with E-state index >= 15 is 0 Å². The van der Waals surface area contributed by atoms with Crippen LogP contribution in [0.15, 0.2) is 9.98 Å². The summed E-state index contributed by atoms with van der Waals surface area (Å²) in [6.45, 7) is 0.0727. The number of nitrogens with zero attached hydrogens (tertiary/aromatic N) is 3. The van der Waals surface area contributed by atoms with Crippen molar-refractivity contribution in [2.45, 2.75) is 7.71 Å². The Bertz CT molecular complexity index is 274. The molecule has 80 valence electrons. The lowest BCUT2D eigenvalue weighted by atomic mass is 10.6. The molecule has 0 atom stereocenters. The van der Waals surface area contributed by atoms with Crippen LogP contribution in [-0.2, 0) is 0 Å². The third kappa shape index (κ3) is 3.47. The van der Waals surface area contributed by atoms with E-state index in [1.165, 1.54) is 11.2 Å². The van der Waals surface area contributed by atoms with Crippen LogP contribution in [0.5, 0.6) is 0 Å². The zero-order valence-corrected chi connectivity index (χ0v) is 10.9. The van der Waals surface area contributed by atoms with E-state index in [9.17, 15) is 0 Å². The fraction of sp³-hybridized carbons (Fsp3) is 0.600. The van der Waals surface area contributed by atoms with Crippen LogP contribution in [0.3, 0.4) is 0 Å². The average Bonchev–Trinajstić information content (AvgIpc) is 2.01. The molecule has 0 saturated heterocycles. The lowest BCUT2D eigenvalue weighted by molar-refractivity contribution is 0.449. The van der Waals surface area contributed by atoms with Gasteiger partial charge in [0.15, 0.2) is 5.84 Å². The van der Waals surface area contributed by atoms with Gasteiger partial charge in [-0.3, -0.25) is 4.90 Å². The van der Waals surface area contributed by atoms with Crippen molar-refractivity contribution in [3.8, 4) is 0 Å². The van der Waals surface area contributed by atoms with Gasteiger partial charge in [0.1, 0.15) is 6.67 Å². The summed E-state index contributed by atoms with van der Waals surface area (Å²) in [7, 11) is 0. The summed E-state index contributed by atoms with van der Waals surface area (Å²) in [4.78, 5) is 8.86. The van der Waals surface area contributed by atoms with Gasteiger partial charge in [-0.1, -0.05) is 69.6 Å². The first-order valence-corrected chi connectivity index (χ1v) is 5.47. The number of alkyl halides is 6. The molecule has 1 aliphatic rings. The number of halogens is 6. The summed E-state index contributed by atoms with van der Waals surface area (Å²) in [5.74, 6) is 0.0630. The van der Waals surface area contributed by atoms with E-state index < -0.39 is 7.71 Å². The van der Waals surface area contributed by atoms with Gasteiger partial charge in [-0.2, -0.15) is 0 Å². The Morgan fingerprint density at radius 3 is 2.00 bits per heavy atom. The summed E-state index contributed by atoms with van der Waals surface area (Å²) in [6, 6.07) is 0. The van der Waals surface area contributed by atoms with Gasteiger partial charge in [-0.05, 0) is 0 Å². The molecule has 0 spiro atoms. The van der Waals surface area contributed by atoms with Crippen molar-refractivity contribution in [2.24, 2.45) is 9.98 Å². The van der Waals surface area contributed by atoms with Crippen LogP contribution in [0, 0.1) is 0 Å². The molecule has 0 aliphatic carbocycles. The first-order valence-electron chi connectivity index (χ1n) is 3.20. The van der Waals surface area contributed by atoms with Gasteiger partial charge < -0.3 is 0 Å². The number of rotatable bonds is 0. The van der Waals surface area contributed by atoms with Crippen molar-refractivity contribution in [1.82, 2.24) is 4.90 Å². The molecule has 0 aromatic heterocycles. The Morgan fingerprint density at radius 2 is 1.71 bits per heavy atom. The molecule has 0 bridgehead atoms. The van der Waals surface area contributed by atoms with Crippen molar-refractivity contribution >= 4 is 81.8 Å². The van der Waals surface area contributed by atoms with Gasteiger partial charge in [-0.25, -0.2) is 9.98 Å². The minimum atomic E-state index is -1.66. The van der Waals surface area contributed by atoms with Gasteiger partial charge >= 0.3 is 0 Å². The molecule has 0 saturated carbocycles. The van der Waals surface area contributed by atoms with E-state index in [1.54, 1.807) is 0 Å². The monoisotopic (exact) mass is 315 g/mol. The standard InChI is InChI=1S/C5H3Cl6N3/c6-4(7,8)3-12-1-14(2-13-3)5(9,10)11/h1H,2H2. The second kappa shape index (κ2) is 4.40. The minimum Gasteiger partial charge on any atom is -0.298 e. The van der Waals surface area contributed by atoms with Crippen LogP contribution >= 0.6 is 69.6 Å². The highest BCUT2D eigenvalue weighted by Crippen LogP contribution is 2.33. The predicted octanol–water partition coefficient (Wildman–Crippen LogP) is 3.38. The van der Waals surface area contributed by atoms with Crippen LogP contribution in [0.1, 0.15) is 0 Å². The normalized spacial score (nSPS) is 18.4. The number of aliphatic imine (C=N–C) groups is 2. The molecule has 0 unspecified atom stereocenters. The van der Waals surface area contributed by atoms with Gasteiger partial charge in [0.2, 0.25) is 3.79 Å². The maximum atomic E-state index is 5.57. The van der Waals surface area contributed by atoms with E-state index in [0.717, 1.165) is 0 Å². The van der Waals surface area contributed by atoms with Crippen LogP contribution in [0.2, 0.25) is 0 Å². The predicted molar refractivity (Wildman–Crippen MR) is 63.2 cm³/mol. The first-order chi connectivity index (χ1) is 6.21. The zero-order valence-electron chi connectivity index (χ0n) is 6.39. The van der Waals surface area contributed by atoms with Gasteiger partial charge in [0.05, 0.1) is 6.34 Å². The molecule has 0 N–H and O–H groups in total. The van der Waals surface area contributed by atoms with E-state index in [4.69, 9.17) is 69.6 Å². The molecular formula is C5H3Cl6N3. The largest absolute Gasteiger partial charge is 0.298 e. The second-order valence-corrected chi connectivity index (χ2v) is 6.81. The quantitative estimate of drug-likeness (QED) is 0.497. The van der Waals surface area contributed by atoms with Crippen molar-refractivity contribution < 1.29 is 0 Å². The molecular weight excluding hydrogens is 315 g/mol. The molecule has 0 aromatic rings. The fourth-order valence-electron chi connectivity index (χ4n) is 0.653.